The monoisotopic (exact) mass is 502 g/mol. The van der Waals surface area contributed by atoms with Crippen LogP contribution in [0, 0.1) is 6.92 Å². The first-order valence-corrected chi connectivity index (χ1v) is 11.6. The maximum Gasteiger partial charge on any atom is 0.229 e. The lowest BCUT2D eigenvalue weighted by atomic mass is 9.94. The molecule has 5 atom stereocenters. The van der Waals surface area contributed by atoms with Crippen molar-refractivity contribution in [1.82, 2.24) is 9.55 Å². The lowest BCUT2D eigenvalue weighted by molar-refractivity contribution is -0.277. The average Bonchev–Trinajstić information content (AvgIpc) is 3.37. The minimum absolute atomic E-state index is 0.0265. The van der Waals surface area contributed by atoms with Gasteiger partial charge in [0.15, 0.2) is 5.78 Å². The predicted molar refractivity (Wildman–Crippen MR) is 127 cm³/mol. The first-order chi connectivity index (χ1) is 17.2. The smallest absolute Gasteiger partial charge is 0.229 e. The molecule has 2 aromatic carbocycles. The van der Waals surface area contributed by atoms with Crippen LogP contribution in [0.15, 0.2) is 36.9 Å². The SMILES string of the molecule is COc1cc(O[C@H]2O[C@H](CO)[C@@H](O)[C@H](O)[C@H]2O)c2c(O)c(C(=O)CCCn3ccnc3)c(C)cc2c1. The number of carbonyl (C=O) groups excluding carboxylic acids is 1. The molecule has 11 heteroatoms. The molecule has 0 amide bonds. The number of aliphatic hydroxyl groups is 4. The number of ether oxygens (including phenoxy) is 3. The van der Waals surface area contributed by atoms with Gasteiger partial charge in [0.05, 0.1) is 31.0 Å². The first-order valence-electron chi connectivity index (χ1n) is 11.6. The van der Waals surface area contributed by atoms with Gasteiger partial charge in [-0.05, 0) is 30.4 Å². The Balaban J connectivity index is 1.68. The second-order valence-electron chi connectivity index (χ2n) is 8.78. The van der Waals surface area contributed by atoms with Crippen molar-refractivity contribution in [3.05, 3.63) is 48.0 Å². The van der Waals surface area contributed by atoms with Crippen LogP contribution >= 0.6 is 0 Å². The maximum atomic E-state index is 13.1. The highest BCUT2D eigenvalue weighted by Crippen LogP contribution is 2.42. The van der Waals surface area contributed by atoms with E-state index in [1.165, 1.54) is 13.2 Å². The van der Waals surface area contributed by atoms with E-state index in [9.17, 15) is 30.3 Å². The van der Waals surface area contributed by atoms with Gasteiger partial charge in [0.25, 0.3) is 0 Å². The molecule has 0 spiro atoms. The van der Waals surface area contributed by atoms with Gasteiger partial charge in [0.1, 0.15) is 41.7 Å². The Labute approximate surface area is 207 Å². The molecular formula is C25H30N2O9. The molecule has 1 saturated heterocycles. The standard InChI is InChI=1S/C25H30N2O9/c1-13-8-14-9-15(34-2)10-17(35-25-24(33)23(32)21(30)18(11-28)36-25)20(14)22(31)19(13)16(29)4-3-6-27-7-5-26-12-27/h5,7-10,12,18,21,23-25,28,30-33H,3-4,6,11H2,1-2H3/t18-,21-,23+,24-,25+/m1/s1. The van der Waals surface area contributed by atoms with Crippen molar-refractivity contribution in [2.24, 2.45) is 0 Å². The van der Waals surface area contributed by atoms with Gasteiger partial charge in [-0.3, -0.25) is 4.79 Å². The number of rotatable bonds is 9. The van der Waals surface area contributed by atoms with Gasteiger partial charge in [0, 0.05) is 31.4 Å². The lowest BCUT2D eigenvalue weighted by Crippen LogP contribution is -2.60. The molecule has 5 N–H and O–H groups in total. The van der Waals surface area contributed by atoms with E-state index in [0.29, 0.717) is 29.7 Å². The van der Waals surface area contributed by atoms with Crippen LogP contribution in [0.2, 0.25) is 0 Å². The maximum absolute atomic E-state index is 13.1. The highest BCUT2D eigenvalue weighted by molar-refractivity contribution is 6.08. The summed E-state index contributed by atoms with van der Waals surface area (Å²) in [5.74, 6) is -0.138. The third-order valence-electron chi connectivity index (χ3n) is 6.33. The number of imidazole rings is 1. The van der Waals surface area contributed by atoms with Crippen molar-refractivity contribution in [3.63, 3.8) is 0 Å². The fraction of sp³-hybridized carbons (Fsp3) is 0.440. The predicted octanol–water partition coefficient (Wildman–Crippen LogP) is 0.901. The number of phenols is 1. The number of methoxy groups -OCH3 is 1. The molecule has 1 fully saturated rings. The number of carbonyl (C=O) groups is 1. The number of hydrogen-bond acceptors (Lipinski definition) is 10. The number of Topliss-reactive ketones (excluding diaryl/α,β-unsaturated/α-hetero) is 1. The molecule has 0 bridgehead atoms. The average molecular weight is 503 g/mol. The number of hydrogen-bond donors (Lipinski definition) is 5. The molecule has 11 nitrogen and oxygen atoms in total. The molecule has 1 aliphatic heterocycles. The molecule has 1 aliphatic rings. The summed E-state index contributed by atoms with van der Waals surface area (Å²) in [5.41, 5.74) is 0.719. The summed E-state index contributed by atoms with van der Waals surface area (Å²) < 4.78 is 18.5. The summed E-state index contributed by atoms with van der Waals surface area (Å²) in [6.45, 7) is 1.70. The van der Waals surface area contributed by atoms with Crippen LogP contribution in [-0.4, -0.2) is 85.3 Å². The van der Waals surface area contributed by atoms with Crippen LogP contribution in [0.5, 0.6) is 17.2 Å². The number of fused-ring (bicyclic) bond motifs is 1. The largest absolute Gasteiger partial charge is 0.506 e. The highest BCUT2D eigenvalue weighted by Gasteiger charge is 2.45. The van der Waals surface area contributed by atoms with E-state index in [1.54, 1.807) is 37.8 Å². The third kappa shape index (κ3) is 5.01. The topological polar surface area (TPSA) is 164 Å². The molecule has 2 heterocycles. The van der Waals surface area contributed by atoms with Crippen molar-refractivity contribution in [3.8, 4) is 17.2 Å². The van der Waals surface area contributed by atoms with E-state index < -0.39 is 37.3 Å². The van der Waals surface area contributed by atoms with Crippen molar-refractivity contribution in [2.75, 3.05) is 13.7 Å². The highest BCUT2D eigenvalue weighted by atomic mass is 16.7. The summed E-state index contributed by atoms with van der Waals surface area (Å²) in [4.78, 5) is 17.1. The summed E-state index contributed by atoms with van der Waals surface area (Å²) in [7, 11) is 1.45. The quantitative estimate of drug-likeness (QED) is 0.266. The summed E-state index contributed by atoms with van der Waals surface area (Å²) in [5, 5.41) is 52.0. The zero-order valence-electron chi connectivity index (χ0n) is 19.9. The number of aryl methyl sites for hydroxylation is 2. The number of phenolic OH excluding ortho intramolecular Hbond substituents is 1. The number of aliphatic hydroxyl groups excluding tert-OH is 4. The number of aromatic hydroxyl groups is 1. The van der Waals surface area contributed by atoms with Crippen LogP contribution in [0.1, 0.15) is 28.8 Å². The van der Waals surface area contributed by atoms with E-state index in [2.05, 4.69) is 4.98 Å². The van der Waals surface area contributed by atoms with Crippen molar-refractivity contribution < 1.29 is 44.5 Å². The minimum atomic E-state index is -1.65. The van der Waals surface area contributed by atoms with Gasteiger partial charge in [-0.1, -0.05) is 6.07 Å². The van der Waals surface area contributed by atoms with E-state index in [4.69, 9.17) is 14.2 Å². The van der Waals surface area contributed by atoms with E-state index in [-0.39, 0.29) is 34.7 Å². The van der Waals surface area contributed by atoms with Gasteiger partial charge in [-0.15, -0.1) is 0 Å². The van der Waals surface area contributed by atoms with Gasteiger partial charge >= 0.3 is 0 Å². The van der Waals surface area contributed by atoms with Crippen LogP contribution in [0.3, 0.4) is 0 Å². The molecular weight excluding hydrogens is 472 g/mol. The third-order valence-corrected chi connectivity index (χ3v) is 6.33. The minimum Gasteiger partial charge on any atom is -0.506 e. The molecule has 0 radical (unpaired) electrons. The van der Waals surface area contributed by atoms with Gasteiger partial charge < -0.3 is 44.3 Å². The fourth-order valence-electron chi connectivity index (χ4n) is 4.41. The van der Waals surface area contributed by atoms with E-state index in [1.807, 2.05) is 4.57 Å². The van der Waals surface area contributed by atoms with Crippen LogP contribution in [0.4, 0.5) is 0 Å². The number of aromatic nitrogens is 2. The summed E-state index contributed by atoms with van der Waals surface area (Å²) in [6.07, 6.45) is -1.62. The zero-order chi connectivity index (χ0) is 26.0. The molecule has 0 unspecified atom stereocenters. The van der Waals surface area contributed by atoms with Crippen molar-refractivity contribution in [2.45, 2.75) is 57.0 Å². The Hall–Kier alpha value is -3.22. The second kappa shape index (κ2) is 10.8. The van der Waals surface area contributed by atoms with E-state index >= 15 is 0 Å². The van der Waals surface area contributed by atoms with Gasteiger partial charge in [-0.25, -0.2) is 4.98 Å². The fourth-order valence-corrected chi connectivity index (χ4v) is 4.41. The molecule has 1 aromatic heterocycles. The van der Waals surface area contributed by atoms with Crippen LogP contribution in [0.25, 0.3) is 10.8 Å². The Bertz CT molecular complexity index is 1210. The first kappa shape index (κ1) is 25.9. The Morgan fingerprint density at radius 3 is 2.61 bits per heavy atom. The Morgan fingerprint density at radius 2 is 1.94 bits per heavy atom. The normalized spacial score (nSPS) is 24.1. The number of benzene rings is 2. The number of nitrogens with zero attached hydrogens (tertiary/aromatic N) is 2. The number of ketones is 1. The Kier molecular flexibility index (Phi) is 7.76. The van der Waals surface area contributed by atoms with Gasteiger partial charge in [-0.2, -0.15) is 0 Å². The van der Waals surface area contributed by atoms with E-state index in [0.717, 1.165) is 0 Å². The van der Waals surface area contributed by atoms with Crippen LogP contribution in [-0.2, 0) is 11.3 Å². The zero-order valence-corrected chi connectivity index (χ0v) is 19.9. The molecule has 0 saturated carbocycles. The van der Waals surface area contributed by atoms with Gasteiger partial charge in [0.2, 0.25) is 6.29 Å². The lowest BCUT2D eigenvalue weighted by Gasteiger charge is -2.39. The molecule has 36 heavy (non-hydrogen) atoms. The Morgan fingerprint density at radius 1 is 1.17 bits per heavy atom. The van der Waals surface area contributed by atoms with Crippen LogP contribution < -0.4 is 9.47 Å². The van der Waals surface area contributed by atoms with Crippen molar-refractivity contribution in [1.29, 1.82) is 0 Å². The molecule has 3 aromatic rings. The summed E-state index contributed by atoms with van der Waals surface area (Å²) >= 11 is 0. The van der Waals surface area contributed by atoms with Crippen molar-refractivity contribution >= 4 is 16.6 Å². The molecule has 0 aliphatic carbocycles. The summed E-state index contributed by atoms with van der Waals surface area (Å²) in [6, 6.07) is 4.84. The molecule has 4 rings (SSSR count). The second-order valence-corrected chi connectivity index (χ2v) is 8.78. The molecule has 194 valence electrons.